The van der Waals surface area contributed by atoms with E-state index in [9.17, 15) is 9.00 Å². The minimum Gasteiger partial charge on any atom is -0.399 e. The lowest BCUT2D eigenvalue weighted by Gasteiger charge is -2.10. The number of carbonyl (C=O) groups excluding carboxylic acids is 1. The first-order valence-electron chi connectivity index (χ1n) is 5.43. The summed E-state index contributed by atoms with van der Waals surface area (Å²) in [7, 11) is -1.12. The van der Waals surface area contributed by atoms with Gasteiger partial charge in [0.15, 0.2) is 0 Å². The normalized spacial score (nSPS) is 12.5. The van der Waals surface area contributed by atoms with Crippen molar-refractivity contribution in [1.29, 1.82) is 0 Å². The van der Waals surface area contributed by atoms with Gasteiger partial charge in [-0.05, 0) is 30.7 Å². The molecule has 0 spiro atoms. The Morgan fingerprint density at radius 2 is 2.12 bits per heavy atom. The fraction of sp³-hybridized carbons (Fsp3) is 0.417. The highest BCUT2D eigenvalue weighted by Crippen LogP contribution is 2.17. The summed E-state index contributed by atoms with van der Waals surface area (Å²) in [5, 5.41) is 2.73. The van der Waals surface area contributed by atoms with Crippen molar-refractivity contribution in [1.82, 2.24) is 0 Å². The Morgan fingerprint density at radius 1 is 1.47 bits per heavy atom. The highest BCUT2D eigenvalue weighted by Gasteiger charge is 2.12. The van der Waals surface area contributed by atoms with Crippen LogP contribution in [0.15, 0.2) is 18.2 Å². The van der Waals surface area contributed by atoms with Gasteiger partial charge in [-0.2, -0.15) is 0 Å². The number of nitrogens with two attached hydrogens (primary N) is 1. The lowest BCUT2D eigenvalue weighted by molar-refractivity contribution is -0.113. The number of nitrogens with one attached hydrogen (secondary N) is 1. The smallest absolute Gasteiger partial charge is 0.237 e. The van der Waals surface area contributed by atoms with Gasteiger partial charge in [0.2, 0.25) is 5.91 Å². The average molecular weight is 254 g/mol. The fourth-order valence-corrected chi connectivity index (χ4v) is 1.97. The maximum Gasteiger partial charge on any atom is 0.237 e. The molecule has 0 heterocycles. The molecule has 94 valence electrons. The summed E-state index contributed by atoms with van der Waals surface area (Å²) < 4.78 is 11.5. The molecule has 0 aliphatic heterocycles. The third-order valence-corrected chi connectivity index (χ3v) is 3.92. The number of rotatable bonds is 4. The molecule has 1 rings (SSSR count). The van der Waals surface area contributed by atoms with Crippen LogP contribution >= 0.6 is 0 Å². The number of aryl methyl sites for hydroxylation is 1. The van der Waals surface area contributed by atoms with E-state index in [-0.39, 0.29) is 16.9 Å². The molecule has 1 aromatic rings. The molecule has 1 unspecified atom stereocenters. The van der Waals surface area contributed by atoms with Crippen LogP contribution in [-0.4, -0.2) is 21.1 Å². The molecule has 3 N–H and O–H groups in total. The third kappa shape index (κ3) is 4.19. The SMILES string of the molecule is Cc1cc(N)ccc1NC(=O)CS(=O)C(C)C. The summed E-state index contributed by atoms with van der Waals surface area (Å²) in [5.41, 5.74) is 7.89. The topological polar surface area (TPSA) is 72.2 Å². The highest BCUT2D eigenvalue weighted by atomic mass is 32.2. The van der Waals surface area contributed by atoms with E-state index in [1.165, 1.54) is 0 Å². The molecule has 0 aliphatic rings. The standard InChI is InChI=1S/C12H18N2O2S/c1-8(2)17(16)7-12(15)14-11-5-4-10(13)6-9(11)3/h4-6,8H,7,13H2,1-3H3,(H,14,15). The second-order valence-electron chi connectivity index (χ2n) is 4.20. The zero-order chi connectivity index (χ0) is 13.0. The number of carbonyl (C=O) groups is 1. The van der Waals surface area contributed by atoms with E-state index < -0.39 is 10.8 Å². The molecular formula is C12H18N2O2S. The second-order valence-corrected chi connectivity index (χ2v) is 6.19. The summed E-state index contributed by atoms with van der Waals surface area (Å²) in [4.78, 5) is 11.6. The van der Waals surface area contributed by atoms with Crippen LogP contribution in [0.4, 0.5) is 11.4 Å². The van der Waals surface area contributed by atoms with Crippen LogP contribution in [0, 0.1) is 6.92 Å². The summed E-state index contributed by atoms with van der Waals surface area (Å²) in [6.45, 7) is 5.53. The summed E-state index contributed by atoms with van der Waals surface area (Å²) in [5.74, 6) is -0.202. The van der Waals surface area contributed by atoms with Gasteiger partial charge in [0.25, 0.3) is 0 Å². The monoisotopic (exact) mass is 254 g/mol. The van der Waals surface area contributed by atoms with Crippen LogP contribution in [0.25, 0.3) is 0 Å². The van der Waals surface area contributed by atoms with Gasteiger partial charge >= 0.3 is 0 Å². The molecule has 0 radical (unpaired) electrons. The molecule has 0 bridgehead atoms. The van der Waals surface area contributed by atoms with Crippen LogP contribution in [0.2, 0.25) is 0 Å². The lowest BCUT2D eigenvalue weighted by atomic mass is 10.2. The lowest BCUT2D eigenvalue weighted by Crippen LogP contribution is -2.23. The van der Waals surface area contributed by atoms with Crippen molar-refractivity contribution >= 4 is 28.1 Å². The highest BCUT2D eigenvalue weighted by molar-refractivity contribution is 7.86. The van der Waals surface area contributed by atoms with Gasteiger partial charge in [0.05, 0.1) is 0 Å². The second kappa shape index (κ2) is 5.82. The Morgan fingerprint density at radius 3 is 2.65 bits per heavy atom. The molecule has 0 aromatic heterocycles. The minimum atomic E-state index is -1.12. The van der Waals surface area contributed by atoms with Gasteiger partial charge < -0.3 is 11.1 Å². The van der Waals surface area contributed by atoms with Crippen LogP contribution in [0.1, 0.15) is 19.4 Å². The predicted molar refractivity (Wildman–Crippen MR) is 72.4 cm³/mol. The van der Waals surface area contributed by atoms with E-state index in [0.717, 1.165) is 5.56 Å². The Kier molecular flexibility index (Phi) is 4.69. The average Bonchev–Trinajstić information content (AvgIpc) is 2.22. The quantitative estimate of drug-likeness (QED) is 0.803. The molecule has 1 atom stereocenters. The van der Waals surface area contributed by atoms with Crippen molar-refractivity contribution < 1.29 is 9.00 Å². The number of anilines is 2. The van der Waals surface area contributed by atoms with Gasteiger partial charge in [0, 0.05) is 27.4 Å². The Hall–Kier alpha value is -1.36. The van der Waals surface area contributed by atoms with E-state index in [4.69, 9.17) is 5.73 Å². The minimum absolute atomic E-state index is 0.00624. The first kappa shape index (κ1) is 13.7. The Bertz CT molecular complexity index is 444. The number of hydrogen-bond acceptors (Lipinski definition) is 3. The molecule has 17 heavy (non-hydrogen) atoms. The molecule has 0 saturated carbocycles. The van der Waals surface area contributed by atoms with Crippen molar-refractivity contribution in [2.24, 2.45) is 0 Å². The maximum atomic E-state index is 11.6. The Balaban J connectivity index is 2.65. The van der Waals surface area contributed by atoms with E-state index in [0.29, 0.717) is 11.4 Å². The number of amides is 1. The van der Waals surface area contributed by atoms with Crippen molar-refractivity contribution in [3.8, 4) is 0 Å². The third-order valence-electron chi connectivity index (χ3n) is 2.32. The Labute approximate surface area is 104 Å². The summed E-state index contributed by atoms with van der Waals surface area (Å²) >= 11 is 0. The molecule has 0 fully saturated rings. The first-order valence-corrected chi connectivity index (χ1v) is 6.81. The number of benzene rings is 1. The molecule has 4 nitrogen and oxygen atoms in total. The number of hydrogen-bond donors (Lipinski definition) is 2. The van der Waals surface area contributed by atoms with Gasteiger partial charge in [-0.3, -0.25) is 9.00 Å². The van der Waals surface area contributed by atoms with E-state index in [1.54, 1.807) is 18.2 Å². The van der Waals surface area contributed by atoms with Crippen LogP contribution in [0.5, 0.6) is 0 Å². The summed E-state index contributed by atoms with van der Waals surface area (Å²) in [6.07, 6.45) is 0. The molecular weight excluding hydrogens is 236 g/mol. The largest absolute Gasteiger partial charge is 0.399 e. The molecule has 0 saturated heterocycles. The zero-order valence-electron chi connectivity index (χ0n) is 10.3. The van der Waals surface area contributed by atoms with Gasteiger partial charge in [-0.1, -0.05) is 13.8 Å². The molecule has 1 aromatic carbocycles. The van der Waals surface area contributed by atoms with Crippen LogP contribution in [-0.2, 0) is 15.6 Å². The fourth-order valence-electron chi connectivity index (χ4n) is 1.31. The van der Waals surface area contributed by atoms with Crippen molar-refractivity contribution in [3.63, 3.8) is 0 Å². The van der Waals surface area contributed by atoms with E-state index in [2.05, 4.69) is 5.32 Å². The van der Waals surface area contributed by atoms with Crippen molar-refractivity contribution in [3.05, 3.63) is 23.8 Å². The van der Waals surface area contributed by atoms with Gasteiger partial charge in [-0.25, -0.2) is 0 Å². The van der Waals surface area contributed by atoms with E-state index in [1.807, 2.05) is 20.8 Å². The maximum absolute atomic E-state index is 11.6. The predicted octanol–water partition coefficient (Wildman–Crippen LogP) is 1.67. The van der Waals surface area contributed by atoms with Crippen LogP contribution in [0.3, 0.4) is 0 Å². The van der Waals surface area contributed by atoms with E-state index >= 15 is 0 Å². The van der Waals surface area contributed by atoms with Gasteiger partial charge in [0.1, 0.15) is 5.75 Å². The van der Waals surface area contributed by atoms with Crippen molar-refractivity contribution in [2.45, 2.75) is 26.0 Å². The van der Waals surface area contributed by atoms with Gasteiger partial charge in [-0.15, -0.1) is 0 Å². The first-order chi connectivity index (χ1) is 7.90. The number of nitrogen functional groups attached to an aromatic ring is 1. The molecule has 5 heteroatoms. The molecule has 0 aliphatic carbocycles. The zero-order valence-corrected chi connectivity index (χ0v) is 11.1. The molecule has 1 amide bonds. The van der Waals surface area contributed by atoms with Crippen molar-refractivity contribution in [2.75, 3.05) is 16.8 Å². The van der Waals surface area contributed by atoms with Crippen LogP contribution < -0.4 is 11.1 Å². The summed E-state index contributed by atoms with van der Waals surface area (Å²) in [6, 6.07) is 5.26.